The van der Waals surface area contributed by atoms with Gasteiger partial charge in [0.25, 0.3) is 0 Å². The third-order valence-electron chi connectivity index (χ3n) is 10.9. The number of fused-ring (bicyclic) bond motifs is 3. The van der Waals surface area contributed by atoms with Crippen LogP contribution in [0.25, 0.3) is 32.7 Å². The molecule has 6 aromatic rings. The van der Waals surface area contributed by atoms with E-state index in [-0.39, 0.29) is 82.3 Å². The normalized spacial score (nSPS) is 13.1. The van der Waals surface area contributed by atoms with Gasteiger partial charge in [0.2, 0.25) is 16.7 Å². The van der Waals surface area contributed by atoms with Crippen molar-refractivity contribution in [2.75, 3.05) is 16.4 Å². The number of alkyl halides is 9. The van der Waals surface area contributed by atoms with Gasteiger partial charge in [0.05, 0.1) is 38.8 Å². The van der Waals surface area contributed by atoms with Crippen molar-refractivity contribution in [3.05, 3.63) is 121 Å². The van der Waals surface area contributed by atoms with Gasteiger partial charge in [-0.25, -0.2) is 0 Å². The van der Waals surface area contributed by atoms with Gasteiger partial charge in [-0.1, -0.05) is 57.7 Å². The van der Waals surface area contributed by atoms with Crippen LogP contribution in [0.3, 0.4) is 0 Å². The fourth-order valence-electron chi connectivity index (χ4n) is 6.08. The van der Waals surface area contributed by atoms with Crippen molar-refractivity contribution in [1.29, 1.82) is 0 Å². The predicted octanol–water partition coefficient (Wildman–Crippen LogP) is 11.9. The molecular formula is C48H51AcClCuF9N6O4. The van der Waals surface area contributed by atoms with Crippen molar-refractivity contribution < 1.29 is 104 Å². The summed E-state index contributed by atoms with van der Waals surface area (Å²) in [5.41, 5.74) is 0.513. The van der Waals surface area contributed by atoms with Gasteiger partial charge >= 0.3 is 43.7 Å². The van der Waals surface area contributed by atoms with Crippen LogP contribution in [0.5, 0.6) is 0 Å². The van der Waals surface area contributed by atoms with Crippen LogP contribution in [0.4, 0.5) is 56.6 Å². The molecule has 3 aromatic carbocycles. The van der Waals surface area contributed by atoms with Crippen molar-refractivity contribution in [2.45, 2.75) is 109 Å². The summed E-state index contributed by atoms with van der Waals surface area (Å²) in [6, 6.07) is 14.4. The monoisotopic (exact) mass is 1270 g/mol. The van der Waals surface area contributed by atoms with Crippen LogP contribution in [0.1, 0.15) is 90.8 Å². The number of rotatable bonds is 8. The molecule has 0 aliphatic rings. The van der Waals surface area contributed by atoms with Crippen LogP contribution < -0.4 is 33.0 Å². The molecule has 70 heavy (non-hydrogen) atoms. The second-order valence-corrected chi connectivity index (χ2v) is 16.1. The zero-order valence-electron chi connectivity index (χ0n) is 38.8. The fraction of sp³-hybridized carbons (Fsp3) is 0.354. The Bertz CT molecular complexity index is 2970. The van der Waals surface area contributed by atoms with Crippen LogP contribution in [0, 0.1) is 68.7 Å². The molecule has 8 N–H and O–H groups in total. The zero-order valence-corrected chi connectivity index (χ0v) is 45.3. The molecular weight excluding hydrogens is 1220 g/mol. The number of nitrogens with two attached hydrogens (primary N) is 1. The average Bonchev–Trinajstić information content (AvgIpc) is 3.28. The molecule has 3 aromatic heterocycles. The maximum absolute atomic E-state index is 13.0. The number of anilines is 3. The number of halogens is 10. The summed E-state index contributed by atoms with van der Waals surface area (Å²) < 4.78 is 116. The number of aromatic amines is 3. The van der Waals surface area contributed by atoms with E-state index in [1.807, 2.05) is 41.5 Å². The number of aromatic nitrogens is 3. The third-order valence-corrected chi connectivity index (χ3v) is 10.9. The molecule has 381 valence electrons. The molecule has 0 amide bonds. The van der Waals surface area contributed by atoms with Crippen molar-refractivity contribution in [2.24, 2.45) is 0 Å². The van der Waals surface area contributed by atoms with E-state index in [1.54, 1.807) is 19.1 Å². The summed E-state index contributed by atoms with van der Waals surface area (Å²) in [6.07, 6.45) is -0.304. The predicted molar refractivity (Wildman–Crippen MR) is 252 cm³/mol. The van der Waals surface area contributed by atoms with Gasteiger partial charge < -0.3 is 36.4 Å². The molecule has 2 atom stereocenters. The van der Waals surface area contributed by atoms with Gasteiger partial charge in [0, 0.05) is 101 Å². The first-order chi connectivity index (χ1) is 31.9. The summed E-state index contributed by atoms with van der Waals surface area (Å²) in [5, 5.41) is 15.2. The third kappa shape index (κ3) is 18.2. The Morgan fingerprint density at radius 1 is 0.571 bits per heavy atom. The number of hydrogen-bond acceptors (Lipinski definition) is 7. The Balaban J connectivity index is 0.000000484. The van der Waals surface area contributed by atoms with E-state index in [1.165, 1.54) is 42.5 Å². The Morgan fingerprint density at radius 2 is 0.914 bits per heavy atom. The molecule has 0 fully saturated rings. The molecule has 3 heterocycles. The Morgan fingerprint density at radius 3 is 1.20 bits per heavy atom. The van der Waals surface area contributed by atoms with Crippen molar-refractivity contribution in [3.8, 4) is 24.7 Å². The topological polar surface area (TPSA) is 169 Å². The molecule has 0 aliphatic carbocycles. The van der Waals surface area contributed by atoms with E-state index >= 15 is 0 Å². The van der Waals surface area contributed by atoms with Crippen LogP contribution in [-0.4, -0.2) is 36.7 Å². The molecule has 6 rings (SSSR count). The number of benzene rings is 3. The van der Waals surface area contributed by atoms with Gasteiger partial charge in [-0.05, 0) is 82.9 Å². The van der Waals surface area contributed by atoms with Crippen LogP contribution >= 0.6 is 10.1 Å². The molecule has 0 saturated heterocycles. The first-order valence-corrected chi connectivity index (χ1v) is 22.0. The van der Waals surface area contributed by atoms with Crippen molar-refractivity contribution in [3.63, 3.8) is 0 Å². The molecule has 0 spiro atoms. The molecule has 0 aliphatic heterocycles. The Kier molecular flexibility index (Phi) is 23.7. The fourth-order valence-corrected chi connectivity index (χ4v) is 6.08. The van der Waals surface area contributed by atoms with Gasteiger partial charge in [-0.3, -0.25) is 14.4 Å². The Labute approximate surface area is 446 Å². The van der Waals surface area contributed by atoms with Crippen LogP contribution in [-0.2, 0) is 33.6 Å². The van der Waals surface area contributed by atoms with E-state index in [9.17, 15) is 53.9 Å². The van der Waals surface area contributed by atoms with Gasteiger partial charge in [0.1, 0.15) is 5.60 Å². The van der Waals surface area contributed by atoms with E-state index in [0.717, 1.165) is 12.8 Å². The number of terminal acetylenes is 2. The number of nitrogens with one attached hydrogen (secondary N) is 5. The number of aliphatic hydroxyl groups is 1. The summed E-state index contributed by atoms with van der Waals surface area (Å²) in [5.74, 6) is 4.86. The standard InChI is InChI=1S/C16H19F3N2O.C16H15F3N2O.C10H7F3N2O.C6H10O.Ac.ClH.Cu/c2*1-4-15(3,5-2)21-10-6-7-11-12(16(17,18)19)9-14(22)20-13(11)8-10;11-10(12,13)7-4-9(16)15-8-3-5(14)1-2-6(7)8;1-4-6(3,7)5-2;;;/h6-9,21H,4-5H2,1-3H3,(H,20,22);1,6-9,21H,5H2,2-3H3,(H,20,22);1-4H,14H2,(H,15,16);1,7H,5H2,2-3H3;;1H;/q;;;;;;+1/p-1. The number of nitrogen functional groups attached to an aromatic ring is 1. The second kappa shape index (κ2) is 26.2. The number of pyridine rings is 3. The summed E-state index contributed by atoms with van der Waals surface area (Å²) in [7, 11) is 4.20. The number of hydrogen-bond donors (Lipinski definition) is 7. The summed E-state index contributed by atoms with van der Waals surface area (Å²) >= 11 is 3.66. The van der Waals surface area contributed by atoms with Crippen LogP contribution in [0.2, 0.25) is 0 Å². The van der Waals surface area contributed by atoms with Crippen molar-refractivity contribution in [1.82, 2.24) is 15.0 Å². The Hall–Kier alpha value is -4.61. The summed E-state index contributed by atoms with van der Waals surface area (Å²) in [6.45, 7) is 13.3. The summed E-state index contributed by atoms with van der Waals surface area (Å²) in [4.78, 5) is 41.2. The quantitative estimate of drug-likeness (QED) is 0.0344. The molecule has 0 bridgehead atoms. The van der Waals surface area contributed by atoms with E-state index in [0.29, 0.717) is 48.1 Å². The van der Waals surface area contributed by atoms with E-state index < -0.39 is 63.0 Å². The molecule has 22 heteroatoms. The van der Waals surface area contributed by atoms with Crippen molar-refractivity contribution >= 4 is 59.9 Å². The van der Waals surface area contributed by atoms with Gasteiger partial charge in [0.15, 0.2) is 0 Å². The van der Waals surface area contributed by atoms with E-state index in [2.05, 4.69) is 62.6 Å². The van der Waals surface area contributed by atoms with Gasteiger partial charge in [-0.15, -0.1) is 12.8 Å². The zero-order chi connectivity index (χ0) is 52.9. The van der Waals surface area contributed by atoms with E-state index in [4.69, 9.17) is 23.7 Å². The van der Waals surface area contributed by atoms with Gasteiger partial charge in [-0.2, -0.15) is 39.5 Å². The second-order valence-electron chi connectivity index (χ2n) is 16.1. The molecule has 1 radical (unpaired) electrons. The molecule has 2 unspecified atom stereocenters. The number of H-pyrrole nitrogens is 3. The minimum atomic E-state index is -4.59. The first kappa shape index (κ1) is 63.4. The molecule has 0 saturated carbocycles. The minimum absolute atomic E-state index is 0. The first-order valence-electron chi connectivity index (χ1n) is 20.7. The van der Waals surface area contributed by atoms with Crippen LogP contribution in [0.15, 0.2) is 87.2 Å². The SMILES string of the molecule is C#CC(C)(CC)Nc1ccc2c(C(F)(F)F)cc(=O)[nH]c2c1.C#CC(C)(O)CC.CCC(C)(CC)Nc1ccc2c(C(F)(F)F)cc(=O)[nH]c2c1.Nc1ccc2c(C(F)(F)F)cc(=O)[nH]c2c1.[Ac].[Cl][Cu]. The maximum atomic E-state index is 13.0. The average molecular weight is 1270 g/mol. The molecule has 10 nitrogen and oxygen atoms in total.